The van der Waals surface area contributed by atoms with Gasteiger partial charge in [0.25, 0.3) is 0 Å². The first-order valence-corrected chi connectivity index (χ1v) is 10.1. The zero-order chi connectivity index (χ0) is 18.5. The number of amides is 1. The Bertz CT molecular complexity index is 427. The van der Waals surface area contributed by atoms with Crippen LogP contribution in [0.1, 0.15) is 79.6 Å². The topological polar surface area (TPSA) is 59.6 Å². The van der Waals surface area contributed by atoms with Gasteiger partial charge in [-0.15, -0.1) is 0 Å². The van der Waals surface area contributed by atoms with E-state index in [9.17, 15) is 4.79 Å². The van der Waals surface area contributed by atoms with E-state index in [-0.39, 0.29) is 6.09 Å². The molecule has 2 fully saturated rings. The lowest BCUT2D eigenvalue weighted by atomic mass is 9.60. The van der Waals surface area contributed by atoms with Gasteiger partial charge in [-0.25, -0.2) is 4.79 Å². The van der Waals surface area contributed by atoms with Crippen LogP contribution in [0.25, 0.3) is 0 Å². The van der Waals surface area contributed by atoms with E-state index in [0.29, 0.717) is 30.1 Å². The molecule has 0 aromatic carbocycles. The lowest BCUT2D eigenvalue weighted by Gasteiger charge is -2.55. The van der Waals surface area contributed by atoms with Crippen LogP contribution in [-0.2, 0) is 9.47 Å². The van der Waals surface area contributed by atoms with Crippen molar-refractivity contribution in [3.63, 3.8) is 0 Å². The number of hydrogen-bond donors (Lipinski definition) is 2. The van der Waals surface area contributed by atoms with Gasteiger partial charge in [0.15, 0.2) is 0 Å². The van der Waals surface area contributed by atoms with Crippen molar-refractivity contribution in [2.75, 3.05) is 13.2 Å². The molecule has 2 rings (SSSR count). The van der Waals surface area contributed by atoms with Crippen molar-refractivity contribution >= 4 is 6.09 Å². The summed E-state index contributed by atoms with van der Waals surface area (Å²) in [6.45, 7) is 11.4. The highest BCUT2D eigenvalue weighted by Gasteiger charge is 2.56. The molecule has 2 N–H and O–H groups in total. The first-order valence-electron chi connectivity index (χ1n) is 10.1. The summed E-state index contributed by atoms with van der Waals surface area (Å²) in [5, 5.41) is 6.78. The Balaban J connectivity index is 1.87. The first-order chi connectivity index (χ1) is 11.8. The molecule has 2 saturated carbocycles. The minimum absolute atomic E-state index is 0.294. The maximum absolute atomic E-state index is 11.9. The second kappa shape index (κ2) is 8.72. The van der Waals surface area contributed by atoms with E-state index < -0.39 is 5.60 Å². The summed E-state index contributed by atoms with van der Waals surface area (Å²) >= 11 is 0. The molecule has 3 unspecified atom stereocenters. The van der Waals surface area contributed by atoms with Crippen molar-refractivity contribution in [3.05, 3.63) is 0 Å². The van der Waals surface area contributed by atoms with Gasteiger partial charge >= 0.3 is 6.09 Å². The lowest BCUT2D eigenvalue weighted by Crippen LogP contribution is -2.65. The zero-order valence-electron chi connectivity index (χ0n) is 16.8. The molecule has 146 valence electrons. The Morgan fingerprint density at radius 3 is 2.48 bits per heavy atom. The Hall–Kier alpha value is -0.810. The molecule has 0 heterocycles. The van der Waals surface area contributed by atoms with E-state index in [0.717, 1.165) is 25.9 Å². The fourth-order valence-corrected chi connectivity index (χ4v) is 4.52. The molecule has 2 aliphatic carbocycles. The highest BCUT2D eigenvalue weighted by Crippen LogP contribution is 2.54. The number of hydrogen-bond acceptors (Lipinski definition) is 4. The molecular formula is C20H38N2O3. The summed E-state index contributed by atoms with van der Waals surface area (Å²) in [5.41, 5.74) is -0.127. The number of ether oxygens (including phenoxy) is 2. The zero-order valence-corrected chi connectivity index (χ0v) is 16.8. The lowest BCUT2D eigenvalue weighted by molar-refractivity contribution is -0.132. The monoisotopic (exact) mass is 354 g/mol. The van der Waals surface area contributed by atoms with Crippen LogP contribution in [0.4, 0.5) is 4.79 Å². The average Bonchev–Trinajstić information content (AvgIpc) is 3.02. The molecule has 0 aromatic heterocycles. The molecular weight excluding hydrogens is 316 g/mol. The van der Waals surface area contributed by atoms with Crippen molar-refractivity contribution in [2.24, 2.45) is 5.41 Å². The fraction of sp³-hybridized carbons (Fsp3) is 0.950. The summed E-state index contributed by atoms with van der Waals surface area (Å²) in [6, 6.07) is 0.811. The van der Waals surface area contributed by atoms with Gasteiger partial charge < -0.3 is 20.1 Å². The van der Waals surface area contributed by atoms with Crippen LogP contribution >= 0.6 is 0 Å². The van der Waals surface area contributed by atoms with Crippen molar-refractivity contribution < 1.29 is 14.3 Å². The Morgan fingerprint density at radius 2 is 1.92 bits per heavy atom. The number of alkyl carbamates (subject to hydrolysis) is 1. The molecule has 2 aliphatic rings. The molecule has 1 spiro atoms. The minimum Gasteiger partial charge on any atom is -0.444 e. The summed E-state index contributed by atoms with van der Waals surface area (Å²) in [6.07, 6.45) is 8.52. The summed E-state index contributed by atoms with van der Waals surface area (Å²) < 4.78 is 11.4. The van der Waals surface area contributed by atoms with Crippen molar-refractivity contribution in [1.82, 2.24) is 10.6 Å². The fourth-order valence-electron chi connectivity index (χ4n) is 4.52. The van der Waals surface area contributed by atoms with Crippen LogP contribution < -0.4 is 10.6 Å². The molecule has 3 atom stereocenters. The van der Waals surface area contributed by atoms with Crippen LogP contribution in [0.15, 0.2) is 0 Å². The van der Waals surface area contributed by atoms with Crippen LogP contribution in [-0.4, -0.2) is 43.0 Å². The van der Waals surface area contributed by atoms with E-state index in [1.807, 2.05) is 20.8 Å². The summed E-state index contributed by atoms with van der Waals surface area (Å²) in [5.74, 6) is 0. The molecule has 0 bridgehead atoms. The normalized spacial score (nSPS) is 26.3. The van der Waals surface area contributed by atoms with Gasteiger partial charge in [0.1, 0.15) is 5.60 Å². The summed E-state index contributed by atoms with van der Waals surface area (Å²) in [4.78, 5) is 11.9. The Kier molecular flexibility index (Phi) is 7.15. The van der Waals surface area contributed by atoms with Gasteiger partial charge in [-0.05, 0) is 53.4 Å². The molecule has 0 radical (unpaired) electrons. The van der Waals surface area contributed by atoms with Crippen molar-refractivity contribution in [2.45, 2.75) is 103 Å². The van der Waals surface area contributed by atoms with Gasteiger partial charge in [-0.1, -0.05) is 26.2 Å². The third kappa shape index (κ3) is 5.33. The first kappa shape index (κ1) is 20.5. The van der Waals surface area contributed by atoms with Gasteiger partial charge in [0.2, 0.25) is 0 Å². The quantitative estimate of drug-likeness (QED) is 0.691. The van der Waals surface area contributed by atoms with E-state index >= 15 is 0 Å². The predicted octanol–water partition coefficient (Wildman–Crippen LogP) is 4.01. The smallest absolute Gasteiger partial charge is 0.407 e. The molecule has 1 amide bonds. The van der Waals surface area contributed by atoms with E-state index in [2.05, 4.69) is 24.5 Å². The van der Waals surface area contributed by atoms with E-state index in [1.165, 1.54) is 25.7 Å². The number of carbonyl (C=O) groups is 1. The van der Waals surface area contributed by atoms with Gasteiger partial charge in [0, 0.05) is 30.7 Å². The van der Waals surface area contributed by atoms with Crippen molar-refractivity contribution in [3.8, 4) is 0 Å². The number of carbonyl (C=O) groups excluding carboxylic acids is 1. The molecule has 0 aromatic rings. The third-order valence-corrected chi connectivity index (χ3v) is 5.65. The van der Waals surface area contributed by atoms with Gasteiger partial charge in [-0.3, -0.25) is 0 Å². The average molecular weight is 355 g/mol. The van der Waals surface area contributed by atoms with Crippen LogP contribution in [0, 0.1) is 5.41 Å². The van der Waals surface area contributed by atoms with Crippen LogP contribution in [0.5, 0.6) is 0 Å². The predicted molar refractivity (Wildman–Crippen MR) is 101 cm³/mol. The third-order valence-electron chi connectivity index (χ3n) is 5.65. The van der Waals surface area contributed by atoms with E-state index in [1.54, 1.807) is 0 Å². The maximum atomic E-state index is 11.9. The number of nitrogens with one attached hydrogen (secondary N) is 2. The minimum atomic E-state index is -0.454. The largest absolute Gasteiger partial charge is 0.444 e. The molecule has 0 saturated heterocycles. The second-order valence-electron chi connectivity index (χ2n) is 8.71. The summed E-state index contributed by atoms with van der Waals surface area (Å²) in [7, 11) is 0. The Labute approximate surface area is 153 Å². The highest BCUT2D eigenvalue weighted by atomic mass is 16.6. The standard InChI is InChI=1S/C20H38N2O3/c1-6-10-15(14-21-18(23)25-19(3,4)5)22-16-13-17(24-7-2)20(16)11-8-9-12-20/h15-17,22H,6-14H2,1-5H3,(H,21,23). The van der Waals surface area contributed by atoms with Crippen molar-refractivity contribution in [1.29, 1.82) is 0 Å². The molecule has 5 nitrogen and oxygen atoms in total. The highest BCUT2D eigenvalue weighted by molar-refractivity contribution is 5.67. The van der Waals surface area contributed by atoms with Gasteiger partial charge in [0.05, 0.1) is 6.10 Å². The van der Waals surface area contributed by atoms with E-state index in [4.69, 9.17) is 9.47 Å². The molecule has 25 heavy (non-hydrogen) atoms. The van der Waals surface area contributed by atoms with Crippen LogP contribution in [0.3, 0.4) is 0 Å². The number of rotatable bonds is 8. The van der Waals surface area contributed by atoms with Gasteiger partial charge in [-0.2, -0.15) is 0 Å². The maximum Gasteiger partial charge on any atom is 0.407 e. The SMILES string of the molecule is CCCC(CNC(=O)OC(C)(C)C)NC1CC(OCC)C12CCCC2. The second-order valence-corrected chi connectivity index (χ2v) is 8.71. The van der Waals surface area contributed by atoms with Crippen LogP contribution in [0.2, 0.25) is 0 Å². The molecule has 5 heteroatoms. The Morgan fingerprint density at radius 1 is 1.24 bits per heavy atom. The molecule has 0 aliphatic heterocycles.